The number of aryl methyl sites for hydroxylation is 1. The van der Waals surface area contributed by atoms with E-state index in [2.05, 4.69) is 10.1 Å². The maximum absolute atomic E-state index is 14.0. The molecule has 1 aromatic heterocycles. The summed E-state index contributed by atoms with van der Waals surface area (Å²) in [7, 11) is 3.91. The van der Waals surface area contributed by atoms with E-state index in [0.29, 0.717) is 43.1 Å². The van der Waals surface area contributed by atoms with Gasteiger partial charge in [-0.25, -0.2) is 4.39 Å². The number of carbonyl (C=O) groups is 1. The number of halogens is 1. The van der Waals surface area contributed by atoms with Crippen molar-refractivity contribution in [2.24, 2.45) is 0 Å². The number of aromatic nitrogens is 2. The molecule has 0 atom stereocenters. The van der Waals surface area contributed by atoms with Gasteiger partial charge in [0.1, 0.15) is 5.82 Å². The molecule has 0 aliphatic carbocycles. The van der Waals surface area contributed by atoms with Crippen LogP contribution in [0.1, 0.15) is 50.9 Å². The van der Waals surface area contributed by atoms with E-state index < -0.39 is 0 Å². The highest BCUT2D eigenvalue weighted by Crippen LogP contribution is 2.19. The molecule has 6 nitrogen and oxygen atoms in total. The first kappa shape index (κ1) is 22.0. The van der Waals surface area contributed by atoms with E-state index in [0.717, 1.165) is 6.54 Å². The molecule has 0 spiro atoms. The van der Waals surface area contributed by atoms with E-state index in [-0.39, 0.29) is 23.7 Å². The molecule has 28 heavy (non-hydrogen) atoms. The van der Waals surface area contributed by atoms with Crippen LogP contribution >= 0.6 is 0 Å². The Morgan fingerprint density at radius 3 is 2.50 bits per heavy atom. The number of carbonyl (C=O) groups excluding carboxylic acids is 1. The lowest BCUT2D eigenvalue weighted by Gasteiger charge is -2.25. The minimum Gasteiger partial charge on any atom is -0.339 e. The van der Waals surface area contributed by atoms with E-state index in [4.69, 9.17) is 4.52 Å². The molecule has 0 aliphatic heterocycles. The fourth-order valence-corrected chi connectivity index (χ4v) is 2.65. The van der Waals surface area contributed by atoms with Gasteiger partial charge in [0.25, 0.3) is 0 Å². The van der Waals surface area contributed by atoms with Crippen LogP contribution < -0.4 is 0 Å². The van der Waals surface area contributed by atoms with Gasteiger partial charge in [0.05, 0.1) is 0 Å². The lowest BCUT2D eigenvalue weighted by atomic mass is 9.96. The summed E-state index contributed by atoms with van der Waals surface area (Å²) in [6, 6.07) is 6.58. The number of amides is 1. The highest BCUT2D eigenvalue weighted by molar-refractivity contribution is 5.76. The molecule has 0 N–H and O–H groups in total. The van der Waals surface area contributed by atoms with Crippen LogP contribution in [0.4, 0.5) is 4.39 Å². The van der Waals surface area contributed by atoms with Crippen LogP contribution in [0, 0.1) is 5.82 Å². The van der Waals surface area contributed by atoms with Crippen LogP contribution in [0.5, 0.6) is 0 Å². The van der Waals surface area contributed by atoms with Gasteiger partial charge in [0.15, 0.2) is 5.82 Å². The van der Waals surface area contributed by atoms with Crippen molar-refractivity contribution in [3.63, 3.8) is 0 Å². The van der Waals surface area contributed by atoms with Crippen molar-refractivity contribution in [1.82, 2.24) is 19.9 Å². The summed E-state index contributed by atoms with van der Waals surface area (Å²) in [5, 5.41) is 4.01. The Bertz CT molecular complexity index is 768. The fraction of sp³-hybridized carbons (Fsp3) is 0.571. The Balaban J connectivity index is 1.94. The van der Waals surface area contributed by atoms with E-state index in [1.54, 1.807) is 23.1 Å². The lowest BCUT2D eigenvalue weighted by molar-refractivity contribution is -0.132. The molecule has 154 valence electrons. The standard InChI is InChI=1S/C21H31FN4O2/c1-21(2,3)20-23-18(28-24-20)11-8-12-19(27)26(14-13-25(4)5)15-16-9-6-7-10-17(16)22/h6-7,9-10H,8,11-15H2,1-5H3. The average Bonchev–Trinajstić information content (AvgIpc) is 3.09. The monoisotopic (exact) mass is 390 g/mol. The van der Waals surface area contributed by atoms with E-state index in [1.165, 1.54) is 6.07 Å². The van der Waals surface area contributed by atoms with Crippen molar-refractivity contribution in [3.8, 4) is 0 Å². The molecule has 0 fully saturated rings. The van der Waals surface area contributed by atoms with Crippen molar-refractivity contribution in [3.05, 3.63) is 47.4 Å². The SMILES string of the molecule is CN(C)CCN(Cc1ccccc1F)C(=O)CCCc1nc(C(C)(C)C)no1. The first-order valence-corrected chi connectivity index (χ1v) is 9.66. The van der Waals surface area contributed by atoms with Gasteiger partial charge >= 0.3 is 0 Å². The minimum absolute atomic E-state index is 0.000614. The number of benzene rings is 1. The molecule has 2 aromatic rings. The van der Waals surface area contributed by atoms with Gasteiger partial charge in [-0.1, -0.05) is 44.1 Å². The topological polar surface area (TPSA) is 62.5 Å². The molecular weight excluding hydrogens is 359 g/mol. The molecule has 7 heteroatoms. The van der Waals surface area contributed by atoms with Crippen molar-refractivity contribution < 1.29 is 13.7 Å². The summed E-state index contributed by atoms with van der Waals surface area (Å²) < 4.78 is 19.3. The third kappa shape index (κ3) is 6.71. The van der Waals surface area contributed by atoms with Gasteiger partial charge in [0, 0.05) is 43.5 Å². The zero-order valence-corrected chi connectivity index (χ0v) is 17.5. The average molecular weight is 391 g/mol. The van der Waals surface area contributed by atoms with Gasteiger partial charge < -0.3 is 14.3 Å². The quantitative estimate of drug-likeness (QED) is 0.657. The molecule has 0 radical (unpaired) electrons. The summed E-state index contributed by atoms with van der Waals surface area (Å²) >= 11 is 0. The number of hydrogen-bond acceptors (Lipinski definition) is 5. The molecule has 0 aliphatic rings. The number of likely N-dealkylation sites (N-methyl/N-ethyl adjacent to an activating group) is 1. The lowest BCUT2D eigenvalue weighted by Crippen LogP contribution is -2.36. The van der Waals surface area contributed by atoms with E-state index in [1.807, 2.05) is 39.8 Å². The van der Waals surface area contributed by atoms with Crippen molar-refractivity contribution in [1.29, 1.82) is 0 Å². The summed E-state index contributed by atoms with van der Waals surface area (Å²) in [5.74, 6) is 0.930. The Kier molecular flexibility index (Phi) is 7.69. The Morgan fingerprint density at radius 2 is 1.89 bits per heavy atom. The Labute approximate surface area is 166 Å². The predicted molar refractivity (Wildman–Crippen MR) is 106 cm³/mol. The van der Waals surface area contributed by atoms with Gasteiger partial charge in [-0.05, 0) is 26.6 Å². The van der Waals surface area contributed by atoms with Crippen LogP contribution in [-0.2, 0) is 23.2 Å². The maximum atomic E-state index is 14.0. The molecule has 0 saturated carbocycles. The molecule has 1 aromatic carbocycles. The second-order valence-corrected chi connectivity index (χ2v) is 8.33. The third-order valence-electron chi connectivity index (χ3n) is 4.41. The summed E-state index contributed by atoms with van der Waals surface area (Å²) in [6.45, 7) is 7.62. The first-order chi connectivity index (χ1) is 13.2. The minimum atomic E-state index is -0.286. The summed E-state index contributed by atoms with van der Waals surface area (Å²) in [6.07, 6.45) is 1.52. The number of rotatable bonds is 9. The largest absolute Gasteiger partial charge is 0.339 e. The smallest absolute Gasteiger partial charge is 0.226 e. The molecule has 1 heterocycles. The normalized spacial score (nSPS) is 11.8. The molecule has 0 unspecified atom stereocenters. The molecule has 1 amide bonds. The van der Waals surface area contributed by atoms with Gasteiger partial charge in [-0.2, -0.15) is 4.98 Å². The molecule has 0 saturated heterocycles. The summed E-state index contributed by atoms with van der Waals surface area (Å²) in [5.41, 5.74) is 0.363. The zero-order chi connectivity index (χ0) is 20.7. The van der Waals surface area contributed by atoms with E-state index >= 15 is 0 Å². The Morgan fingerprint density at radius 1 is 1.18 bits per heavy atom. The van der Waals surface area contributed by atoms with E-state index in [9.17, 15) is 9.18 Å². The molecular formula is C21H31FN4O2. The van der Waals surface area contributed by atoms with Gasteiger partial charge in [-0.3, -0.25) is 4.79 Å². The second kappa shape index (κ2) is 9.78. The molecule has 2 rings (SSSR count). The van der Waals surface area contributed by atoms with Crippen molar-refractivity contribution in [2.75, 3.05) is 27.2 Å². The van der Waals surface area contributed by atoms with Crippen LogP contribution in [-0.4, -0.2) is 53.0 Å². The first-order valence-electron chi connectivity index (χ1n) is 9.66. The second-order valence-electron chi connectivity index (χ2n) is 8.33. The summed E-state index contributed by atoms with van der Waals surface area (Å²) in [4.78, 5) is 20.9. The maximum Gasteiger partial charge on any atom is 0.226 e. The fourth-order valence-electron chi connectivity index (χ4n) is 2.65. The van der Waals surface area contributed by atoms with Crippen molar-refractivity contribution in [2.45, 2.75) is 52.0 Å². The third-order valence-corrected chi connectivity index (χ3v) is 4.41. The van der Waals surface area contributed by atoms with Crippen LogP contribution in [0.25, 0.3) is 0 Å². The number of nitrogens with zero attached hydrogens (tertiary/aromatic N) is 4. The predicted octanol–water partition coefficient (Wildman–Crippen LogP) is 3.42. The Hall–Kier alpha value is -2.28. The highest BCUT2D eigenvalue weighted by atomic mass is 19.1. The van der Waals surface area contributed by atoms with Crippen LogP contribution in [0.2, 0.25) is 0 Å². The van der Waals surface area contributed by atoms with Crippen LogP contribution in [0.15, 0.2) is 28.8 Å². The molecule has 0 bridgehead atoms. The number of hydrogen-bond donors (Lipinski definition) is 0. The van der Waals surface area contributed by atoms with Gasteiger partial charge in [-0.15, -0.1) is 0 Å². The van der Waals surface area contributed by atoms with Crippen molar-refractivity contribution >= 4 is 5.91 Å². The van der Waals surface area contributed by atoms with Crippen LogP contribution in [0.3, 0.4) is 0 Å². The van der Waals surface area contributed by atoms with Gasteiger partial charge in [0.2, 0.25) is 11.8 Å². The zero-order valence-electron chi connectivity index (χ0n) is 17.5. The highest BCUT2D eigenvalue weighted by Gasteiger charge is 2.21.